The molecule has 9 heteroatoms. The normalized spacial score (nSPS) is 13.1. The largest absolute Gasteiger partial charge is 0.545 e. The van der Waals surface area contributed by atoms with Crippen LogP contribution in [0.3, 0.4) is 0 Å². The third-order valence-corrected chi connectivity index (χ3v) is 17.7. The van der Waals surface area contributed by atoms with Crippen LogP contribution in [0.1, 0.15) is 373 Å². The molecule has 0 heterocycles. The number of quaternary nitrogens is 1. The smallest absolute Gasteiger partial charge is 0.306 e. The van der Waals surface area contributed by atoms with Gasteiger partial charge in [0.1, 0.15) is 13.2 Å². The summed E-state index contributed by atoms with van der Waals surface area (Å²) in [5.74, 6) is -2.28. The molecule has 0 aromatic carbocycles. The van der Waals surface area contributed by atoms with Crippen molar-refractivity contribution in [3.8, 4) is 0 Å². The number of nitrogens with zero attached hydrogens (tertiary/aromatic N) is 1. The summed E-state index contributed by atoms with van der Waals surface area (Å²) < 4.78 is 22.8. The Morgan fingerprint density at radius 2 is 0.613 bits per heavy atom. The van der Waals surface area contributed by atoms with Gasteiger partial charge in [-0.15, -0.1) is 0 Å². The number of hydrogen-bond donors (Lipinski definition) is 0. The summed E-state index contributed by atoms with van der Waals surface area (Å²) in [5, 5.41) is 11.9. The van der Waals surface area contributed by atoms with E-state index in [9.17, 15) is 19.5 Å². The molecule has 0 amide bonds. The number of carboxylic acid groups (broad SMARTS) is 1. The van der Waals surface area contributed by atoms with Gasteiger partial charge in [-0.25, -0.2) is 0 Å². The Labute approximate surface area is 576 Å². The zero-order valence-electron chi connectivity index (χ0n) is 61.9. The number of esters is 2. The number of carbonyl (C=O) groups is 3. The van der Waals surface area contributed by atoms with Gasteiger partial charge in [0.25, 0.3) is 0 Å². The van der Waals surface area contributed by atoms with Crippen LogP contribution in [0.15, 0.2) is 85.1 Å². The number of ether oxygens (including phenoxy) is 4. The van der Waals surface area contributed by atoms with Crippen LogP contribution < -0.4 is 5.11 Å². The maximum Gasteiger partial charge on any atom is 0.306 e. The Morgan fingerprint density at radius 1 is 0.333 bits per heavy atom. The van der Waals surface area contributed by atoms with Gasteiger partial charge in [-0.05, 0) is 70.6 Å². The zero-order chi connectivity index (χ0) is 67.5. The number of carbonyl (C=O) groups excluding carboxylic acids is 3. The van der Waals surface area contributed by atoms with Crippen LogP contribution in [-0.2, 0) is 33.3 Å². The lowest BCUT2D eigenvalue weighted by Crippen LogP contribution is -2.44. The molecule has 2 atom stereocenters. The van der Waals surface area contributed by atoms with Crippen molar-refractivity contribution in [2.24, 2.45) is 0 Å². The van der Waals surface area contributed by atoms with Crippen LogP contribution in [-0.4, -0.2) is 82.3 Å². The van der Waals surface area contributed by atoms with Gasteiger partial charge in [0, 0.05) is 12.8 Å². The van der Waals surface area contributed by atoms with Crippen LogP contribution in [0.4, 0.5) is 0 Å². The standard InChI is InChI=1S/C84H151NO8/c1-6-8-10-12-14-16-18-20-22-24-26-28-30-32-34-36-37-38-39-40-41-42-43-44-45-47-48-50-52-54-56-58-60-62-64-66-68-70-72-74-81(86)91-78-80(79-92-84(83(88)89)90-77-76-85(3,4)5)93-82(87)75-73-71-69-67-65-63-61-59-57-55-53-51-49-46-35-33-31-29-27-25-23-21-19-17-15-13-11-9-7-2/h9,11,15,17,21,23,27,29,33,35,49,51,55,57,80,84H,6-8,10,12-14,16,18-20,22,24-26,28,30-32,34,36-48,50,52-54,56,58-79H2,1-5H3/b11-9-,17-15-,23-21-,29-27-,35-33-,51-49-,57-55-. The first-order valence-corrected chi connectivity index (χ1v) is 39.7. The highest BCUT2D eigenvalue weighted by molar-refractivity contribution is 5.70. The van der Waals surface area contributed by atoms with E-state index in [1.807, 2.05) is 21.1 Å². The lowest BCUT2D eigenvalue weighted by atomic mass is 10.0. The molecule has 0 fully saturated rings. The van der Waals surface area contributed by atoms with E-state index < -0.39 is 24.3 Å². The first-order valence-electron chi connectivity index (χ1n) is 39.7. The molecule has 0 saturated heterocycles. The number of unbranched alkanes of at least 4 members (excludes halogenated alkanes) is 45. The lowest BCUT2D eigenvalue weighted by molar-refractivity contribution is -0.870. The van der Waals surface area contributed by atoms with Crippen LogP contribution in [0.2, 0.25) is 0 Å². The van der Waals surface area contributed by atoms with Gasteiger partial charge in [0.15, 0.2) is 12.4 Å². The van der Waals surface area contributed by atoms with Crippen molar-refractivity contribution in [2.45, 2.75) is 386 Å². The second-order valence-corrected chi connectivity index (χ2v) is 28.0. The molecule has 93 heavy (non-hydrogen) atoms. The lowest BCUT2D eigenvalue weighted by Gasteiger charge is -2.26. The molecule has 0 bridgehead atoms. The van der Waals surface area contributed by atoms with Gasteiger partial charge >= 0.3 is 11.9 Å². The summed E-state index contributed by atoms with van der Waals surface area (Å²) in [7, 11) is 5.93. The van der Waals surface area contributed by atoms with Gasteiger partial charge in [0.05, 0.1) is 40.3 Å². The summed E-state index contributed by atoms with van der Waals surface area (Å²) in [5.41, 5.74) is 0. The Hall–Kier alpha value is -3.53. The summed E-state index contributed by atoms with van der Waals surface area (Å²) in [6.45, 7) is 4.67. The molecule has 540 valence electrons. The summed E-state index contributed by atoms with van der Waals surface area (Å²) in [4.78, 5) is 37.6. The Balaban J connectivity index is 4.00. The Kier molecular flexibility index (Phi) is 71.4. The van der Waals surface area contributed by atoms with Crippen molar-refractivity contribution in [3.05, 3.63) is 85.1 Å². The molecule has 0 spiro atoms. The molecule has 0 aliphatic rings. The summed E-state index contributed by atoms with van der Waals surface area (Å²) in [6, 6.07) is 0. The van der Waals surface area contributed by atoms with E-state index in [1.165, 1.54) is 250 Å². The van der Waals surface area contributed by atoms with E-state index in [0.29, 0.717) is 23.9 Å². The monoisotopic (exact) mass is 1300 g/mol. The molecular formula is C84H151NO8. The molecule has 0 aromatic heterocycles. The van der Waals surface area contributed by atoms with Crippen molar-refractivity contribution >= 4 is 17.9 Å². The minimum Gasteiger partial charge on any atom is -0.545 e. The fourth-order valence-corrected chi connectivity index (χ4v) is 11.6. The quantitative estimate of drug-likeness (QED) is 0.0195. The molecule has 0 saturated carbocycles. The zero-order valence-corrected chi connectivity index (χ0v) is 61.9. The van der Waals surface area contributed by atoms with Crippen LogP contribution in [0.25, 0.3) is 0 Å². The number of carboxylic acids is 1. The van der Waals surface area contributed by atoms with Gasteiger partial charge in [-0.3, -0.25) is 9.59 Å². The predicted molar refractivity (Wildman–Crippen MR) is 398 cm³/mol. The van der Waals surface area contributed by atoms with Gasteiger partial charge < -0.3 is 33.3 Å². The fourth-order valence-electron chi connectivity index (χ4n) is 11.6. The van der Waals surface area contributed by atoms with Gasteiger partial charge in [-0.1, -0.05) is 375 Å². The van der Waals surface area contributed by atoms with E-state index in [-0.39, 0.29) is 32.2 Å². The Bertz CT molecular complexity index is 1810. The summed E-state index contributed by atoms with van der Waals surface area (Å²) in [6.07, 6.45) is 98.6. The molecular weight excluding hydrogens is 1150 g/mol. The second-order valence-electron chi connectivity index (χ2n) is 28.0. The van der Waals surface area contributed by atoms with E-state index in [0.717, 1.165) is 89.9 Å². The van der Waals surface area contributed by atoms with Crippen LogP contribution in [0.5, 0.6) is 0 Å². The molecule has 0 aromatic rings. The van der Waals surface area contributed by atoms with Crippen LogP contribution in [0, 0.1) is 0 Å². The van der Waals surface area contributed by atoms with E-state index in [2.05, 4.69) is 98.9 Å². The predicted octanol–water partition coefficient (Wildman–Crippen LogP) is 24.0. The highest BCUT2D eigenvalue weighted by Crippen LogP contribution is 2.19. The summed E-state index contributed by atoms with van der Waals surface area (Å²) >= 11 is 0. The SMILES string of the molecule is CC/C=C\C/C=C\C/C=C\C/C=C\C/C=C\C/C=C\C/C=C\CCCCCCCCCC(=O)OC(COC(=O)CCCCCCCCCCCCCCCCCCCCCCCCCCCCCCCCCCCCCCCCC)COC(OCC[N+](C)(C)C)C(=O)[O-]. The van der Waals surface area contributed by atoms with Gasteiger partial charge in [-0.2, -0.15) is 0 Å². The van der Waals surface area contributed by atoms with Crippen molar-refractivity contribution in [1.82, 2.24) is 0 Å². The van der Waals surface area contributed by atoms with Crippen molar-refractivity contribution in [2.75, 3.05) is 47.5 Å². The first kappa shape index (κ1) is 89.5. The van der Waals surface area contributed by atoms with Crippen molar-refractivity contribution in [3.63, 3.8) is 0 Å². The average Bonchev–Trinajstić information content (AvgIpc) is 3.74. The number of rotatable bonds is 74. The minimum absolute atomic E-state index is 0.143. The number of allylic oxidation sites excluding steroid dienone is 14. The first-order chi connectivity index (χ1) is 45.6. The van der Waals surface area contributed by atoms with E-state index >= 15 is 0 Å². The maximum absolute atomic E-state index is 13.0. The van der Waals surface area contributed by atoms with Crippen molar-refractivity contribution in [1.29, 1.82) is 0 Å². The number of hydrogen-bond acceptors (Lipinski definition) is 8. The molecule has 0 aliphatic heterocycles. The average molecular weight is 1300 g/mol. The second kappa shape index (κ2) is 74.3. The third-order valence-electron chi connectivity index (χ3n) is 17.7. The number of aliphatic carboxylic acids is 1. The molecule has 0 radical (unpaired) electrons. The maximum atomic E-state index is 13.0. The van der Waals surface area contributed by atoms with E-state index in [4.69, 9.17) is 18.9 Å². The molecule has 0 aliphatic carbocycles. The van der Waals surface area contributed by atoms with Crippen LogP contribution >= 0.6 is 0 Å². The highest BCUT2D eigenvalue weighted by Gasteiger charge is 2.22. The van der Waals surface area contributed by atoms with Crippen molar-refractivity contribution < 1.29 is 42.9 Å². The molecule has 9 nitrogen and oxygen atoms in total. The number of likely N-dealkylation sites (N-methyl/N-ethyl adjacent to an activating group) is 1. The third kappa shape index (κ3) is 75.7. The van der Waals surface area contributed by atoms with E-state index in [1.54, 1.807) is 0 Å². The van der Waals surface area contributed by atoms with Gasteiger partial charge in [0.2, 0.25) is 0 Å². The molecule has 0 rings (SSSR count). The Morgan fingerprint density at radius 3 is 0.914 bits per heavy atom. The topological polar surface area (TPSA) is 111 Å². The minimum atomic E-state index is -1.63. The molecule has 0 N–H and O–H groups in total. The fraction of sp³-hybridized carbons (Fsp3) is 0.798. The molecule has 2 unspecified atom stereocenters. The highest BCUT2D eigenvalue weighted by atomic mass is 16.7.